The fourth-order valence-corrected chi connectivity index (χ4v) is 6.77. The van der Waals surface area contributed by atoms with Crippen LogP contribution >= 0.6 is 34.4 Å². The Labute approximate surface area is 90.2 Å². The van der Waals surface area contributed by atoms with Crippen molar-refractivity contribution in [3.05, 3.63) is 0 Å². The van der Waals surface area contributed by atoms with E-state index in [1.54, 1.807) is 11.8 Å². The molecule has 0 aromatic carbocycles. The van der Waals surface area contributed by atoms with Crippen molar-refractivity contribution >= 4 is 39.5 Å². The lowest BCUT2D eigenvalue weighted by Crippen LogP contribution is -2.35. The van der Waals surface area contributed by atoms with Crippen LogP contribution < -0.4 is 0 Å². The summed E-state index contributed by atoms with van der Waals surface area (Å²) in [6, 6.07) is 0. The molecule has 2 saturated carbocycles. The third-order valence-electron chi connectivity index (χ3n) is 3.73. The van der Waals surface area contributed by atoms with E-state index in [2.05, 4.69) is 22.6 Å². The highest BCUT2D eigenvalue weighted by molar-refractivity contribution is 14.1. The summed E-state index contributed by atoms with van der Waals surface area (Å²) in [5.41, 5.74) is 0. The second kappa shape index (κ2) is 2.41. The highest BCUT2D eigenvalue weighted by Crippen LogP contribution is 2.64. The van der Waals surface area contributed by atoms with Gasteiger partial charge >= 0.3 is 0 Å². The lowest BCUT2D eigenvalue weighted by Gasteiger charge is -2.31. The second-order valence-electron chi connectivity index (χ2n) is 4.28. The summed E-state index contributed by atoms with van der Waals surface area (Å²) < 4.78 is 0.377. The fourth-order valence-electron chi connectivity index (χ4n) is 3.20. The van der Waals surface area contributed by atoms with Gasteiger partial charge in [-0.15, -0.1) is 0 Å². The first-order valence-electron chi connectivity index (χ1n) is 4.58. The van der Waals surface area contributed by atoms with Gasteiger partial charge in [-0.2, -0.15) is 0 Å². The number of hydrogen-bond acceptors (Lipinski definition) is 2. The molecule has 1 heterocycles. The van der Waals surface area contributed by atoms with E-state index in [0.717, 1.165) is 18.3 Å². The van der Waals surface area contributed by atoms with Gasteiger partial charge in [0.25, 0.3) is 0 Å². The lowest BCUT2D eigenvalue weighted by atomic mass is 9.86. The predicted octanol–water partition coefficient (Wildman–Crippen LogP) is 2.62. The molecule has 2 bridgehead atoms. The topological polar surface area (TPSA) is 17.1 Å². The average Bonchev–Trinajstić information content (AvgIpc) is 2.57. The molecule has 4 atom stereocenters. The summed E-state index contributed by atoms with van der Waals surface area (Å²) in [5, 5.41) is 1.13. The molecule has 0 spiro atoms. The van der Waals surface area contributed by atoms with Gasteiger partial charge in [0.05, 0.1) is 0 Å². The van der Waals surface area contributed by atoms with Crippen LogP contribution in [-0.4, -0.2) is 13.8 Å². The molecule has 0 aromatic rings. The van der Waals surface area contributed by atoms with E-state index in [1.165, 1.54) is 19.3 Å². The Morgan fingerprint density at radius 2 is 2.33 bits per heavy atom. The molecule has 3 fully saturated rings. The van der Waals surface area contributed by atoms with Crippen molar-refractivity contribution in [1.82, 2.24) is 0 Å². The number of fused-ring (bicyclic) bond motifs is 5. The molecule has 0 radical (unpaired) electrons. The summed E-state index contributed by atoms with van der Waals surface area (Å²) in [5.74, 6) is 1.75. The van der Waals surface area contributed by atoms with Gasteiger partial charge in [0.2, 0.25) is 0 Å². The molecule has 1 aliphatic heterocycles. The van der Waals surface area contributed by atoms with Gasteiger partial charge < -0.3 is 0 Å². The van der Waals surface area contributed by atoms with Crippen LogP contribution in [0, 0.1) is 11.8 Å². The van der Waals surface area contributed by atoms with E-state index in [-0.39, 0.29) is 0 Å². The first kappa shape index (κ1) is 8.09. The van der Waals surface area contributed by atoms with Crippen molar-refractivity contribution in [3.8, 4) is 0 Å². The van der Waals surface area contributed by atoms with Crippen molar-refractivity contribution in [2.75, 3.05) is 0 Å². The molecule has 1 saturated heterocycles. The van der Waals surface area contributed by atoms with Crippen LogP contribution in [0.1, 0.15) is 25.7 Å². The Balaban J connectivity index is 2.01. The number of hydrogen-bond donors (Lipinski definition) is 0. The average molecular weight is 294 g/mol. The molecule has 1 nitrogen and oxygen atoms in total. The molecular weight excluding hydrogens is 283 g/mol. The molecular formula is C9H11IOS. The monoisotopic (exact) mass is 294 g/mol. The normalized spacial score (nSPS) is 56.4. The maximum absolute atomic E-state index is 11.3. The van der Waals surface area contributed by atoms with Crippen LogP contribution in [-0.2, 0) is 4.79 Å². The SMILES string of the molecule is O=C1CC2(I)C3CCC(C3)C2S1. The number of alkyl halides is 1. The Hall–Kier alpha value is 0.750. The molecule has 3 aliphatic rings. The molecule has 0 aromatic heterocycles. The maximum Gasteiger partial charge on any atom is 0.190 e. The summed E-state index contributed by atoms with van der Waals surface area (Å²) in [4.78, 5) is 11.3. The minimum atomic E-state index is 0.377. The molecule has 12 heavy (non-hydrogen) atoms. The molecule has 0 amide bonds. The van der Waals surface area contributed by atoms with Crippen LogP contribution in [0.4, 0.5) is 0 Å². The van der Waals surface area contributed by atoms with Crippen molar-refractivity contribution in [2.24, 2.45) is 11.8 Å². The molecule has 0 N–H and O–H groups in total. The quantitative estimate of drug-likeness (QED) is 0.504. The van der Waals surface area contributed by atoms with Crippen LogP contribution in [0.2, 0.25) is 0 Å². The fraction of sp³-hybridized carbons (Fsp3) is 0.889. The van der Waals surface area contributed by atoms with E-state index in [9.17, 15) is 4.79 Å². The van der Waals surface area contributed by atoms with Gasteiger partial charge in [-0.05, 0) is 31.1 Å². The summed E-state index contributed by atoms with van der Waals surface area (Å²) in [7, 11) is 0. The predicted molar refractivity (Wildman–Crippen MR) is 58.6 cm³/mol. The molecule has 66 valence electrons. The number of rotatable bonds is 0. The van der Waals surface area contributed by atoms with Gasteiger partial charge in [0.15, 0.2) is 5.12 Å². The number of halogens is 1. The van der Waals surface area contributed by atoms with Gasteiger partial charge in [-0.3, -0.25) is 4.79 Å². The highest BCUT2D eigenvalue weighted by Gasteiger charge is 2.61. The number of carbonyl (C=O) groups is 1. The third-order valence-corrected chi connectivity index (χ3v) is 7.55. The smallest absolute Gasteiger partial charge is 0.190 e. The Morgan fingerprint density at radius 3 is 3.08 bits per heavy atom. The molecule has 2 aliphatic carbocycles. The van der Waals surface area contributed by atoms with Crippen LogP contribution in [0.5, 0.6) is 0 Å². The zero-order chi connectivity index (χ0) is 8.34. The van der Waals surface area contributed by atoms with E-state index in [0.29, 0.717) is 13.8 Å². The van der Waals surface area contributed by atoms with E-state index < -0.39 is 0 Å². The first-order chi connectivity index (χ1) is 5.70. The minimum absolute atomic E-state index is 0.377. The Bertz CT molecular complexity index is 255. The zero-order valence-electron chi connectivity index (χ0n) is 6.75. The number of carbonyl (C=O) groups excluding carboxylic acids is 1. The Morgan fingerprint density at radius 1 is 1.50 bits per heavy atom. The molecule has 4 unspecified atom stereocenters. The van der Waals surface area contributed by atoms with E-state index in [4.69, 9.17) is 0 Å². The maximum atomic E-state index is 11.3. The van der Waals surface area contributed by atoms with Crippen LogP contribution in [0.3, 0.4) is 0 Å². The van der Waals surface area contributed by atoms with Gasteiger partial charge in [-0.1, -0.05) is 34.4 Å². The van der Waals surface area contributed by atoms with Gasteiger partial charge in [0.1, 0.15) is 0 Å². The van der Waals surface area contributed by atoms with Crippen LogP contribution in [0.15, 0.2) is 0 Å². The highest BCUT2D eigenvalue weighted by atomic mass is 127. The van der Waals surface area contributed by atoms with Crippen molar-refractivity contribution in [1.29, 1.82) is 0 Å². The zero-order valence-corrected chi connectivity index (χ0v) is 9.73. The number of thioether (sulfide) groups is 1. The van der Waals surface area contributed by atoms with Gasteiger partial charge in [-0.25, -0.2) is 0 Å². The summed E-state index contributed by atoms with van der Waals surface area (Å²) in [6.07, 6.45) is 5.04. The van der Waals surface area contributed by atoms with Crippen molar-refractivity contribution in [2.45, 2.75) is 34.4 Å². The molecule has 3 heteroatoms. The summed E-state index contributed by atoms with van der Waals surface area (Å²) in [6.45, 7) is 0. The molecule has 3 rings (SSSR count). The summed E-state index contributed by atoms with van der Waals surface area (Å²) >= 11 is 4.24. The van der Waals surface area contributed by atoms with E-state index >= 15 is 0 Å². The van der Waals surface area contributed by atoms with Crippen LogP contribution in [0.25, 0.3) is 0 Å². The second-order valence-corrected chi connectivity index (χ2v) is 7.49. The first-order valence-corrected chi connectivity index (χ1v) is 6.54. The van der Waals surface area contributed by atoms with Crippen molar-refractivity contribution < 1.29 is 4.79 Å². The largest absolute Gasteiger partial charge is 0.287 e. The minimum Gasteiger partial charge on any atom is -0.287 e. The Kier molecular flexibility index (Phi) is 1.62. The van der Waals surface area contributed by atoms with Crippen molar-refractivity contribution in [3.63, 3.8) is 0 Å². The van der Waals surface area contributed by atoms with E-state index in [1.807, 2.05) is 0 Å². The third kappa shape index (κ3) is 0.846. The standard InChI is InChI=1S/C9H11IOS/c10-9-4-7(11)12-8(9)5-1-2-6(9)3-5/h5-6,8H,1-4H2. The lowest BCUT2D eigenvalue weighted by molar-refractivity contribution is -0.110. The van der Waals surface area contributed by atoms with Gasteiger partial charge in [0, 0.05) is 15.1 Å².